The van der Waals surface area contributed by atoms with Gasteiger partial charge in [0.1, 0.15) is 5.82 Å². The van der Waals surface area contributed by atoms with Crippen LogP contribution in [0.15, 0.2) is 46.9 Å². The molecule has 0 spiro atoms. The summed E-state index contributed by atoms with van der Waals surface area (Å²) >= 11 is 3.33. The van der Waals surface area contributed by atoms with Crippen molar-refractivity contribution in [1.29, 1.82) is 0 Å². The molecule has 3 nitrogen and oxygen atoms in total. The van der Waals surface area contributed by atoms with Gasteiger partial charge in [-0.3, -0.25) is 4.79 Å². The number of para-hydroxylation sites is 1. The highest BCUT2D eigenvalue weighted by molar-refractivity contribution is 9.10. The number of aromatic nitrogens is 1. The summed E-state index contributed by atoms with van der Waals surface area (Å²) in [6.07, 6.45) is 0.294. The fourth-order valence-electron chi connectivity index (χ4n) is 2.86. The first-order valence-electron chi connectivity index (χ1n) is 7.70. The molecule has 1 amide bonds. The summed E-state index contributed by atoms with van der Waals surface area (Å²) in [6, 6.07) is 12.7. The number of aryl methyl sites for hydroxylation is 1. The van der Waals surface area contributed by atoms with Gasteiger partial charge in [-0.25, -0.2) is 4.39 Å². The quantitative estimate of drug-likeness (QED) is 0.697. The Kier molecular flexibility index (Phi) is 4.71. The third kappa shape index (κ3) is 3.36. The third-order valence-electron chi connectivity index (χ3n) is 4.20. The van der Waals surface area contributed by atoms with Crippen LogP contribution in [0.5, 0.6) is 0 Å². The number of nitrogens with zero attached hydrogens (tertiary/aromatic N) is 1. The van der Waals surface area contributed by atoms with Gasteiger partial charge in [-0.05, 0) is 36.8 Å². The molecule has 1 N–H and O–H groups in total. The van der Waals surface area contributed by atoms with Gasteiger partial charge in [0, 0.05) is 40.2 Å². The van der Waals surface area contributed by atoms with Crippen LogP contribution in [0.4, 0.5) is 4.39 Å². The number of rotatable bonds is 4. The Morgan fingerprint density at radius 2 is 2.00 bits per heavy atom. The molecule has 2 aromatic carbocycles. The highest BCUT2D eigenvalue weighted by Crippen LogP contribution is 2.23. The number of hydrogen-bond acceptors (Lipinski definition) is 1. The highest BCUT2D eigenvalue weighted by atomic mass is 79.9. The molecule has 0 radical (unpaired) electrons. The van der Waals surface area contributed by atoms with E-state index in [1.54, 1.807) is 24.1 Å². The number of halogens is 2. The van der Waals surface area contributed by atoms with Crippen molar-refractivity contribution in [2.24, 2.45) is 0 Å². The van der Waals surface area contributed by atoms with Crippen molar-refractivity contribution < 1.29 is 9.18 Å². The summed E-state index contributed by atoms with van der Waals surface area (Å²) in [7, 11) is 1.70. The van der Waals surface area contributed by atoms with Crippen LogP contribution in [0.2, 0.25) is 0 Å². The van der Waals surface area contributed by atoms with E-state index in [9.17, 15) is 9.18 Å². The molecule has 0 unspecified atom stereocenters. The Morgan fingerprint density at radius 1 is 1.25 bits per heavy atom. The number of likely N-dealkylation sites (N-methyl/N-ethyl adjacent to an activating group) is 1. The average molecular weight is 389 g/mol. The lowest BCUT2D eigenvalue weighted by Gasteiger charge is -2.18. The zero-order valence-electron chi connectivity index (χ0n) is 13.6. The Labute approximate surface area is 148 Å². The second-order valence-corrected chi connectivity index (χ2v) is 6.85. The maximum atomic E-state index is 13.9. The molecule has 0 fully saturated rings. The molecule has 124 valence electrons. The molecule has 24 heavy (non-hydrogen) atoms. The maximum absolute atomic E-state index is 13.9. The molecule has 0 saturated carbocycles. The van der Waals surface area contributed by atoms with Crippen molar-refractivity contribution >= 4 is 32.7 Å². The van der Waals surface area contributed by atoms with Crippen LogP contribution in [0, 0.1) is 12.7 Å². The average Bonchev–Trinajstić information content (AvgIpc) is 2.86. The number of H-pyrrole nitrogens is 1. The Hall–Kier alpha value is -2.14. The SMILES string of the molecule is Cc1[nH]c2ccccc2c1CC(=O)N(C)Cc1cc(Br)ccc1F. The molecule has 0 aliphatic heterocycles. The van der Waals surface area contributed by atoms with Crippen LogP contribution in [0.1, 0.15) is 16.8 Å². The number of nitrogens with one attached hydrogen (secondary N) is 1. The van der Waals surface area contributed by atoms with Crippen LogP contribution < -0.4 is 0 Å². The van der Waals surface area contributed by atoms with E-state index in [0.717, 1.165) is 26.6 Å². The minimum atomic E-state index is -0.305. The van der Waals surface area contributed by atoms with Crippen LogP contribution in [0.3, 0.4) is 0 Å². The standard InChI is InChI=1S/C19H18BrFN2O/c1-12-16(15-5-3-4-6-18(15)22-12)10-19(24)23(2)11-13-9-14(20)7-8-17(13)21/h3-9,22H,10-11H2,1-2H3. The molecule has 0 atom stereocenters. The van der Waals surface area contributed by atoms with Gasteiger partial charge in [-0.1, -0.05) is 34.1 Å². The van der Waals surface area contributed by atoms with Gasteiger partial charge in [0.05, 0.1) is 6.42 Å². The van der Waals surface area contributed by atoms with Crippen LogP contribution >= 0.6 is 15.9 Å². The first-order valence-corrected chi connectivity index (χ1v) is 8.49. The Morgan fingerprint density at radius 3 is 2.79 bits per heavy atom. The summed E-state index contributed by atoms with van der Waals surface area (Å²) in [4.78, 5) is 17.4. The van der Waals surface area contributed by atoms with E-state index in [-0.39, 0.29) is 18.3 Å². The van der Waals surface area contributed by atoms with Crippen molar-refractivity contribution in [2.75, 3.05) is 7.05 Å². The normalized spacial score (nSPS) is 11.0. The minimum Gasteiger partial charge on any atom is -0.358 e. The summed E-state index contributed by atoms with van der Waals surface area (Å²) in [6.45, 7) is 2.21. The summed E-state index contributed by atoms with van der Waals surface area (Å²) in [5.74, 6) is -0.344. The fourth-order valence-corrected chi connectivity index (χ4v) is 3.27. The lowest BCUT2D eigenvalue weighted by molar-refractivity contribution is -0.129. The van der Waals surface area contributed by atoms with Gasteiger partial charge in [0.2, 0.25) is 5.91 Å². The predicted molar refractivity (Wildman–Crippen MR) is 97.3 cm³/mol. The van der Waals surface area contributed by atoms with Crippen molar-refractivity contribution in [3.05, 3.63) is 69.6 Å². The van der Waals surface area contributed by atoms with Crippen LogP contribution in [0.25, 0.3) is 10.9 Å². The van der Waals surface area contributed by atoms with E-state index in [1.807, 2.05) is 31.2 Å². The molecular formula is C19H18BrFN2O. The lowest BCUT2D eigenvalue weighted by atomic mass is 10.1. The fraction of sp³-hybridized carbons (Fsp3) is 0.211. The van der Waals surface area contributed by atoms with Crippen LogP contribution in [-0.4, -0.2) is 22.8 Å². The van der Waals surface area contributed by atoms with E-state index in [2.05, 4.69) is 20.9 Å². The molecule has 3 aromatic rings. The van der Waals surface area contributed by atoms with Gasteiger partial charge >= 0.3 is 0 Å². The number of amides is 1. The van der Waals surface area contributed by atoms with Crippen molar-refractivity contribution in [2.45, 2.75) is 19.9 Å². The van der Waals surface area contributed by atoms with E-state index in [4.69, 9.17) is 0 Å². The largest absolute Gasteiger partial charge is 0.358 e. The molecular weight excluding hydrogens is 371 g/mol. The molecule has 3 rings (SSSR count). The van der Waals surface area contributed by atoms with E-state index in [0.29, 0.717) is 12.0 Å². The molecule has 0 saturated heterocycles. The van der Waals surface area contributed by atoms with E-state index < -0.39 is 0 Å². The summed E-state index contributed by atoms with van der Waals surface area (Å²) < 4.78 is 14.7. The molecule has 1 aromatic heterocycles. The molecule has 0 aliphatic rings. The first-order chi connectivity index (χ1) is 11.5. The van der Waals surface area contributed by atoms with Crippen LogP contribution in [-0.2, 0) is 17.8 Å². The third-order valence-corrected chi connectivity index (χ3v) is 4.69. The lowest BCUT2D eigenvalue weighted by Crippen LogP contribution is -2.28. The van der Waals surface area contributed by atoms with Gasteiger partial charge in [0.15, 0.2) is 0 Å². The smallest absolute Gasteiger partial charge is 0.227 e. The Balaban J connectivity index is 1.78. The number of carbonyl (C=O) groups is 1. The van der Waals surface area contributed by atoms with Gasteiger partial charge in [-0.15, -0.1) is 0 Å². The number of fused-ring (bicyclic) bond motifs is 1. The number of benzene rings is 2. The topological polar surface area (TPSA) is 36.1 Å². The number of aromatic amines is 1. The molecule has 0 aliphatic carbocycles. The highest BCUT2D eigenvalue weighted by Gasteiger charge is 2.16. The number of carbonyl (C=O) groups excluding carboxylic acids is 1. The van der Waals surface area contributed by atoms with Gasteiger partial charge in [0.25, 0.3) is 0 Å². The minimum absolute atomic E-state index is 0.0396. The van der Waals surface area contributed by atoms with Crippen molar-refractivity contribution in [3.63, 3.8) is 0 Å². The van der Waals surface area contributed by atoms with Crippen molar-refractivity contribution in [3.8, 4) is 0 Å². The number of hydrogen-bond donors (Lipinski definition) is 1. The zero-order chi connectivity index (χ0) is 17.3. The van der Waals surface area contributed by atoms with E-state index >= 15 is 0 Å². The van der Waals surface area contributed by atoms with Gasteiger partial charge in [-0.2, -0.15) is 0 Å². The summed E-state index contributed by atoms with van der Waals surface area (Å²) in [5, 5.41) is 1.06. The molecule has 5 heteroatoms. The zero-order valence-corrected chi connectivity index (χ0v) is 15.2. The molecule has 1 heterocycles. The summed E-state index contributed by atoms with van der Waals surface area (Å²) in [5.41, 5.74) is 3.51. The second kappa shape index (κ2) is 6.77. The Bertz CT molecular complexity index is 904. The first kappa shape index (κ1) is 16.7. The maximum Gasteiger partial charge on any atom is 0.227 e. The predicted octanol–water partition coefficient (Wildman–Crippen LogP) is 4.58. The second-order valence-electron chi connectivity index (χ2n) is 5.94. The molecule has 0 bridgehead atoms. The monoisotopic (exact) mass is 388 g/mol. The van der Waals surface area contributed by atoms with Gasteiger partial charge < -0.3 is 9.88 Å². The van der Waals surface area contributed by atoms with Crippen molar-refractivity contribution in [1.82, 2.24) is 9.88 Å². The van der Waals surface area contributed by atoms with E-state index in [1.165, 1.54) is 6.07 Å².